The molecule has 1 nitrogen and oxygen atoms in total. The van der Waals surface area contributed by atoms with Crippen LogP contribution in [0.15, 0.2) is 24.3 Å². The van der Waals surface area contributed by atoms with Crippen molar-refractivity contribution in [3.05, 3.63) is 35.4 Å². The van der Waals surface area contributed by atoms with Gasteiger partial charge in [0.15, 0.2) is 0 Å². The number of hydrogen-bond acceptors (Lipinski definition) is 1. The van der Waals surface area contributed by atoms with Crippen LogP contribution in [0.3, 0.4) is 0 Å². The maximum atomic E-state index is 12.7. The van der Waals surface area contributed by atoms with Crippen LogP contribution in [0, 0.1) is 5.92 Å². The zero-order chi connectivity index (χ0) is 13.8. The molecule has 108 valence electrons. The zero-order valence-electron chi connectivity index (χ0n) is 12.4. The average molecular weight is 270 g/mol. The predicted molar refractivity (Wildman–Crippen MR) is 82.9 cm³/mol. The quantitative estimate of drug-likeness (QED) is 0.703. The summed E-state index contributed by atoms with van der Waals surface area (Å²) >= 11 is 0. The van der Waals surface area contributed by atoms with Gasteiger partial charge in [0.25, 0.3) is 0 Å². The summed E-state index contributed by atoms with van der Waals surface area (Å²) in [6, 6.07) is 8.59. The molecule has 0 heterocycles. The fourth-order valence-electron chi connectivity index (χ4n) is 4.08. The molecule has 0 spiro atoms. The van der Waals surface area contributed by atoms with Gasteiger partial charge >= 0.3 is 0 Å². The molecule has 1 unspecified atom stereocenters. The van der Waals surface area contributed by atoms with Crippen LogP contribution in [0.25, 0.3) is 0 Å². The number of rotatable bonds is 3. The largest absolute Gasteiger partial charge is 0.299 e. The minimum Gasteiger partial charge on any atom is -0.299 e. The molecule has 1 fully saturated rings. The minimum absolute atomic E-state index is 0.197. The molecule has 0 saturated heterocycles. The Hall–Kier alpha value is -1.11. The lowest BCUT2D eigenvalue weighted by molar-refractivity contribution is -0.121. The molecule has 1 aromatic rings. The van der Waals surface area contributed by atoms with Crippen LogP contribution in [-0.2, 0) is 11.2 Å². The van der Waals surface area contributed by atoms with Gasteiger partial charge in [-0.2, -0.15) is 0 Å². The summed E-state index contributed by atoms with van der Waals surface area (Å²) in [5, 5.41) is 0. The first-order chi connectivity index (χ1) is 9.84. The van der Waals surface area contributed by atoms with Crippen molar-refractivity contribution in [3.8, 4) is 0 Å². The number of hydrogen-bond donors (Lipinski definition) is 0. The second-order valence-corrected chi connectivity index (χ2v) is 6.67. The van der Waals surface area contributed by atoms with Crippen molar-refractivity contribution in [1.29, 1.82) is 0 Å². The summed E-state index contributed by atoms with van der Waals surface area (Å²) in [7, 11) is 0. The molecule has 0 aromatic heterocycles. The standard InChI is InChI=1S/C19H26O/c20-19(14-15-8-3-1-2-4-9-15)18-13-7-11-16-10-5-6-12-17(16)18/h5-6,10,12,15,18H,1-4,7-9,11,13-14H2. The Labute approximate surface area is 122 Å². The smallest absolute Gasteiger partial charge is 0.140 e. The monoisotopic (exact) mass is 270 g/mol. The molecule has 20 heavy (non-hydrogen) atoms. The molecule has 0 bridgehead atoms. The third kappa shape index (κ3) is 3.13. The van der Waals surface area contributed by atoms with E-state index in [2.05, 4.69) is 24.3 Å². The summed E-state index contributed by atoms with van der Waals surface area (Å²) in [5.74, 6) is 1.38. The Balaban J connectivity index is 1.68. The van der Waals surface area contributed by atoms with E-state index in [1.165, 1.54) is 56.1 Å². The van der Waals surface area contributed by atoms with Crippen LogP contribution in [0.5, 0.6) is 0 Å². The van der Waals surface area contributed by atoms with Crippen LogP contribution in [0.4, 0.5) is 0 Å². The highest BCUT2D eigenvalue weighted by molar-refractivity contribution is 5.86. The molecule has 0 aliphatic heterocycles. The average Bonchev–Trinajstić information content (AvgIpc) is 2.75. The maximum absolute atomic E-state index is 12.7. The van der Waals surface area contributed by atoms with E-state index in [9.17, 15) is 4.79 Å². The summed E-state index contributed by atoms with van der Waals surface area (Å²) in [5.41, 5.74) is 2.75. The van der Waals surface area contributed by atoms with Crippen LogP contribution in [-0.4, -0.2) is 5.78 Å². The van der Waals surface area contributed by atoms with Gasteiger partial charge in [-0.3, -0.25) is 4.79 Å². The summed E-state index contributed by atoms with van der Waals surface area (Å²) in [6.45, 7) is 0. The molecule has 0 N–H and O–H groups in total. The molecule has 0 radical (unpaired) electrons. The number of fused-ring (bicyclic) bond motifs is 1. The van der Waals surface area contributed by atoms with E-state index in [1.54, 1.807) is 0 Å². The Kier molecular flexibility index (Phi) is 4.54. The number of carbonyl (C=O) groups excluding carboxylic acids is 1. The van der Waals surface area contributed by atoms with Crippen molar-refractivity contribution in [2.45, 2.75) is 70.1 Å². The molecule has 0 amide bonds. The number of carbonyl (C=O) groups is 1. The van der Waals surface area contributed by atoms with Gasteiger partial charge in [0.1, 0.15) is 5.78 Å². The van der Waals surface area contributed by atoms with Crippen molar-refractivity contribution in [2.75, 3.05) is 0 Å². The molecule has 1 atom stereocenters. The SMILES string of the molecule is O=C(CC1CCCCCC1)C1CCCc2ccccc21. The van der Waals surface area contributed by atoms with Gasteiger partial charge in [-0.1, -0.05) is 62.8 Å². The van der Waals surface area contributed by atoms with Gasteiger partial charge in [0.05, 0.1) is 0 Å². The van der Waals surface area contributed by atoms with Gasteiger partial charge in [0, 0.05) is 12.3 Å². The first-order valence-electron chi connectivity index (χ1n) is 8.45. The second kappa shape index (κ2) is 6.56. The Morgan fingerprint density at radius 3 is 2.50 bits per heavy atom. The van der Waals surface area contributed by atoms with Gasteiger partial charge in [-0.05, 0) is 36.3 Å². The van der Waals surface area contributed by atoms with Crippen molar-refractivity contribution in [3.63, 3.8) is 0 Å². The highest BCUT2D eigenvalue weighted by Gasteiger charge is 2.27. The fourth-order valence-corrected chi connectivity index (χ4v) is 4.08. The first kappa shape index (κ1) is 13.9. The minimum atomic E-state index is 0.197. The highest BCUT2D eigenvalue weighted by atomic mass is 16.1. The van der Waals surface area contributed by atoms with Crippen LogP contribution >= 0.6 is 0 Å². The Morgan fingerprint density at radius 1 is 0.950 bits per heavy atom. The Bertz CT molecular complexity index is 455. The first-order valence-corrected chi connectivity index (χ1v) is 8.45. The lowest BCUT2D eigenvalue weighted by atomic mass is 9.78. The van der Waals surface area contributed by atoms with E-state index in [0.717, 1.165) is 19.3 Å². The normalized spacial score (nSPS) is 23.9. The maximum Gasteiger partial charge on any atom is 0.140 e. The van der Waals surface area contributed by atoms with E-state index < -0.39 is 0 Å². The summed E-state index contributed by atoms with van der Waals surface area (Å²) < 4.78 is 0. The highest BCUT2D eigenvalue weighted by Crippen LogP contribution is 2.35. The van der Waals surface area contributed by atoms with Crippen molar-refractivity contribution >= 4 is 5.78 Å². The lowest BCUT2D eigenvalue weighted by Gasteiger charge is -2.26. The van der Waals surface area contributed by atoms with Crippen LogP contribution in [0.2, 0.25) is 0 Å². The zero-order valence-corrected chi connectivity index (χ0v) is 12.4. The summed E-state index contributed by atoms with van der Waals surface area (Å²) in [4.78, 5) is 12.7. The number of ketones is 1. The second-order valence-electron chi connectivity index (χ2n) is 6.67. The predicted octanol–water partition coefficient (Wildman–Crippen LogP) is 5.04. The van der Waals surface area contributed by atoms with Gasteiger partial charge < -0.3 is 0 Å². The van der Waals surface area contributed by atoms with Crippen molar-refractivity contribution in [2.24, 2.45) is 5.92 Å². The van der Waals surface area contributed by atoms with Crippen LogP contribution in [0.1, 0.15) is 74.8 Å². The van der Waals surface area contributed by atoms with Crippen LogP contribution < -0.4 is 0 Å². The van der Waals surface area contributed by atoms with E-state index in [1.807, 2.05) is 0 Å². The van der Waals surface area contributed by atoms with Crippen molar-refractivity contribution in [1.82, 2.24) is 0 Å². The van der Waals surface area contributed by atoms with E-state index in [4.69, 9.17) is 0 Å². The topological polar surface area (TPSA) is 17.1 Å². The lowest BCUT2D eigenvalue weighted by Crippen LogP contribution is -2.21. The molecular weight excluding hydrogens is 244 g/mol. The molecule has 1 saturated carbocycles. The van der Waals surface area contributed by atoms with Gasteiger partial charge in [-0.25, -0.2) is 0 Å². The molecule has 3 rings (SSSR count). The number of Topliss-reactive ketones (excluding diaryl/α,β-unsaturated/α-hetero) is 1. The van der Waals surface area contributed by atoms with Gasteiger partial charge in [0.2, 0.25) is 0 Å². The third-order valence-electron chi connectivity index (χ3n) is 5.22. The Morgan fingerprint density at radius 2 is 1.70 bits per heavy atom. The molecule has 2 aliphatic rings. The van der Waals surface area contributed by atoms with Gasteiger partial charge in [-0.15, -0.1) is 0 Å². The third-order valence-corrected chi connectivity index (χ3v) is 5.22. The van der Waals surface area contributed by atoms with E-state index >= 15 is 0 Å². The van der Waals surface area contributed by atoms with E-state index in [0.29, 0.717) is 11.7 Å². The van der Waals surface area contributed by atoms with E-state index in [-0.39, 0.29) is 5.92 Å². The fraction of sp³-hybridized carbons (Fsp3) is 0.632. The number of benzene rings is 1. The number of aryl methyl sites for hydroxylation is 1. The summed E-state index contributed by atoms with van der Waals surface area (Å²) in [6.07, 6.45) is 12.2. The molecular formula is C19H26O. The van der Waals surface area contributed by atoms with Crippen molar-refractivity contribution < 1.29 is 4.79 Å². The molecule has 2 aliphatic carbocycles. The molecule has 1 heteroatoms. The molecule has 1 aromatic carbocycles.